The Bertz CT molecular complexity index is 508. The number of aliphatic hydroxyl groups is 1. The number of thioether (sulfide) groups is 1. The molecule has 0 amide bonds. The summed E-state index contributed by atoms with van der Waals surface area (Å²) in [7, 11) is 0. The molecule has 1 aromatic carbocycles. The Balaban J connectivity index is 1.91. The topological polar surface area (TPSA) is 50.9 Å². The second-order valence-corrected chi connectivity index (χ2v) is 5.62. The second-order valence-electron chi connectivity index (χ2n) is 4.47. The summed E-state index contributed by atoms with van der Waals surface area (Å²) in [6, 6.07) is 9.81. The van der Waals surface area contributed by atoms with E-state index in [9.17, 15) is 5.11 Å². The Morgan fingerprint density at radius 2 is 2.17 bits per heavy atom. The van der Waals surface area contributed by atoms with Gasteiger partial charge in [-0.1, -0.05) is 23.4 Å². The van der Waals surface area contributed by atoms with Gasteiger partial charge < -0.3 is 5.11 Å². The summed E-state index contributed by atoms with van der Waals surface area (Å²) in [5, 5.41) is 18.5. The zero-order valence-corrected chi connectivity index (χ0v) is 10.8. The molecule has 2 unspecified atom stereocenters. The SMILES string of the molecule is OC(c1cnnn1-c1ccccc1)C1CCSC1. The van der Waals surface area contributed by atoms with Gasteiger partial charge in [0.1, 0.15) is 6.10 Å². The Hall–Kier alpha value is -1.33. The second kappa shape index (κ2) is 5.12. The third-order valence-electron chi connectivity index (χ3n) is 3.29. The maximum Gasteiger partial charge on any atom is 0.101 e. The lowest BCUT2D eigenvalue weighted by Crippen LogP contribution is -2.16. The Morgan fingerprint density at radius 1 is 1.33 bits per heavy atom. The van der Waals surface area contributed by atoms with Crippen LogP contribution in [0.4, 0.5) is 0 Å². The minimum absolute atomic E-state index is 0.316. The summed E-state index contributed by atoms with van der Waals surface area (Å²) < 4.78 is 1.73. The fraction of sp³-hybridized carbons (Fsp3) is 0.385. The number of rotatable bonds is 3. The van der Waals surface area contributed by atoms with Gasteiger partial charge in [-0.05, 0) is 30.1 Å². The van der Waals surface area contributed by atoms with Gasteiger partial charge in [0.25, 0.3) is 0 Å². The summed E-state index contributed by atoms with van der Waals surface area (Å²) >= 11 is 1.90. The molecule has 5 heteroatoms. The van der Waals surface area contributed by atoms with Crippen molar-refractivity contribution >= 4 is 11.8 Å². The van der Waals surface area contributed by atoms with Crippen molar-refractivity contribution in [2.45, 2.75) is 12.5 Å². The minimum Gasteiger partial charge on any atom is -0.386 e. The summed E-state index contributed by atoms with van der Waals surface area (Å²) in [5.74, 6) is 2.46. The molecule has 4 nitrogen and oxygen atoms in total. The monoisotopic (exact) mass is 261 g/mol. The van der Waals surface area contributed by atoms with E-state index in [1.807, 2.05) is 42.1 Å². The molecule has 2 atom stereocenters. The number of hydrogen-bond donors (Lipinski definition) is 1. The summed E-state index contributed by atoms with van der Waals surface area (Å²) in [4.78, 5) is 0. The molecule has 0 saturated carbocycles. The molecule has 1 aliphatic rings. The van der Waals surface area contributed by atoms with E-state index < -0.39 is 6.10 Å². The molecule has 1 aliphatic heterocycles. The number of hydrogen-bond acceptors (Lipinski definition) is 4. The van der Waals surface area contributed by atoms with E-state index in [0.29, 0.717) is 5.92 Å². The first-order valence-corrected chi connectivity index (χ1v) is 7.23. The van der Waals surface area contributed by atoms with Crippen LogP contribution >= 0.6 is 11.8 Å². The predicted molar refractivity (Wildman–Crippen MR) is 71.8 cm³/mol. The van der Waals surface area contributed by atoms with Crippen LogP contribution in [-0.4, -0.2) is 31.6 Å². The summed E-state index contributed by atoms with van der Waals surface area (Å²) in [6.45, 7) is 0. The Labute approximate surface area is 110 Å². The van der Waals surface area contributed by atoms with Crippen LogP contribution in [0.2, 0.25) is 0 Å². The van der Waals surface area contributed by atoms with Gasteiger partial charge in [0.2, 0.25) is 0 Å². The number of nitrogens with zero attached hydrogens (tertiary/aromatic N) is 3. The molecular formula is C13H15N3OS. The van der Waals surface area contributed by atoms with Crippen molar-refractivity contribution in [2.24, 2.45) is 5.92 Å². The number of aromatic nitrogens is 3. The number of benzene rings is 1. The first-order valence-electron chi connectivity index (χ1n) is 6.08. The van der Waals surface area contributed by atoms with Gasteiger partial charge in [0, 0.05) is 5.92 Å². The van der Waals surface area contributed by atoms with Crippen LogP contribution < -0.4 is 0 Å². The van der Waals surface area contributed by atoms with Gasteiger partial charge in [-0.3, -0.25) is 0 Å². The first-order chi connectivity index (χ1) is 8.86. The molecule has 1 aromatic heterocycles. The maximum atomic E-state index is 10.4. The molecule has 0 radical (unpaired) electrons. The van der Waals surface area contributed by atoms with Gasteiger partial charge in [0.05, 0.1) is 17.6 Å². The van der Waals surface area contributed by atoms with Crippen LogP contribution in [0.5, 0.6) is 0 Å². The predicted octanol–water partition coefficient (Wildman–Crippen LogP) is 2.05. The van der Waals surface area contributed by atoms with E-state index in [-0.39, 0.29) is 0 Å². The van der Waals surface area contributed by atoms with Crippen molar-refractivity contribution in [3.63, 3.8) is 0 Å². The Kier molecular flexibility index (Phi) is 3.34. The van der Waals surface area contributed by atoms with Crippen LogP contribution in [0.1, 0.15) is 18.2 Å². The van der Waals surface area contributed by atoms with Crippen LogP contribution in [-0.2, 0) is 0 Å². The highest BCUT2D eigenvalue weighted by Gasteiger charge is 2.28. The van der Waals surface area contributed by atoms with Gasteiger partial charge in [-0.25, -0.2) is 4.68 Å². The summed E-state index contributed by atoms with van der Waals surface area (Å²) in [6.07, 6.45) is 2.25. The van der Waals surface area contributed by atoms with Crippen molar-refractivity contribution in [3.05, 3.63) is 42.2 Å². The van der Waals surface area contributed by atoms with Gasteiger partial charge >= 0.3 is 0 Å². The summed E-state index contributed by atoms with van der Waals surface area (Å²) in [5.41, 5.74) is 1.73. The van der Waals surface area contributed by atoms with E-state index in [0.717, 1.165) is 29.3 Å². The molecule has 0 bridgehead atoms. The molecule has 0 spiro atoms. The molecule has 3 rings (SSSR count). The average Bonchev–Trinajstić information content (AvgIpc) is 3.10. The van der Waals surface area contributed by atoms with Crippen LogP contribution in [0.15, 0.2) is 36.5 Å². The average molecular weight is 261 g/mol. The fourth-order valence-electron chi connectivity index (χ4n) is 2.26. The number of aliphatic hydroxyl groups excluding tert-OH is 1. The molecular weight excluding hydrogens is 246 g/mol. The molecule has 1 saturated heterocycles. The maximum absolute atomic E-state index is 10.4. The van der Waals surface area contributed by atoms with Crippen molar-refractivity contribution in [1.29, 1.82) is 0 Å². The third-order valence-corrected chi connectivity index (χ3v) is 4.48. The van der Waals surface area contributed by atoms with Gasteiger partial charge in [0.15, 0.2) is 0 Å². The normalized spacial score (nSPS) is 21.1. The van der Waals surface area contributed by atoms with Crippen LogP contribution in [0.25, 0.3) is 5.69 Å². The van der Waals surface area contributed by atoms with Crippen molar-refractivity contribution in [3.8, 4) is 5.69 Å². The molecule has 18 heavy (non-hydrogen) atoms. The molecule has 2 heterocycles. The Morgan fingerprint density at radius 3 is 2.89 bits per heavy atom. The minimum atomic E-state index is -0.477. The molecule has 1 fully saturated rings. The van der Waals surface area contributed by atoms with E-state index in [1.165, 1.54) is 0 Å². The largest absolute Gasteiger partial charge is 0.386 e. The van der Waals surface area contributed by atoms with E-state index >= 15 is 0 Å². The third kappa shape index (κ3) is 2.15. The van der Waals surface area contributed by atoms with Crippen molar-refractivity contribution in [2.75, 3.05) is 11.5 Å². The van der Waals surface area contributed by atoms with Crippen LogP contribution in [0, 0.1) is 5.92 Å². The van der Waals surface area contributed by atoms with E-state index in [4.69, 9.17) is 0 Å². The lowest BCUT2D eigenvalue weighted by atomic mass is 9.99. The van der Waals surface area contributed by atoms with Crippen LogP contribution in [0.3, 0.4) is 0 Å². The van der Waals surface area contributed by atoms with E-state index in [2.05, 4.69) is 10.3 Å². The zero-order valence-electron chi connectivity index (χ0n) is 9.94. The molecule has 94 valence electrons. The first kappa shape index (κ1) is 11.7. The standard InChI is InChI=1S/C13H15N3OS/c17-13(10-6-7-18-9-10)12-8-14-15-16(12)11-4-2-1-3-5-11/h1-5,8,10,13,17H,6-7,9H2. The highest BCUT2D eigenvalue weighted by molar-refractivity contribution is 7.99. The lowest BCUT2D eigenvalue weighted by molar-refractivity contribution is 0.114. The molecule has 0 aliphatic carbocycles. The van der Waals surface area contributed by atoms with Crippen molar-refractivity contribution < 1.29 is 5.11 Å². The fourth-order valence-corrected chi connectivity index (χ4v) is 3.55. The van der Waals surface area contributed by atoms with Gasteiger partial charge in [-0.2, -0.15) is 11.8 Å². The lowest BCUT2D eigenvalue weighted by Gasteiger charge is -2.17. The molecule has 1 N–H and O–H groups in total. The van der Waals surface area contributed by atoms with Gasteiger partial charge in [-0.15, -0.1) is 5.10 Å². The highest BCUT2D eigenvalue weighted by Crippen LogP contribution is 2.34. The molecule has 2 aromatic rings. The van der Waals surface area contributed by atoms with E-state index in [1.54, 1.807) is 10.9 Å². The zero-order chi connectivity index (χ0) is 12.4. The highest BCUT2D eigenvalue weighted by atomic mass is 32.2. The smallest absolute Gasteiger partial charge is 0.101 e. The van der Waals surface area contributed by atoms with Crippen molar-refractivity contribution in [1.82, 2.24) is 15.0 Å². The quantitative estimate of drug-likeness (QED) is 0.918. The number of para-hydroxylation sites is 1.